The first-order chi connectivity index (χ1) is 9.45. The molecule has 1 aromatic rings. The first-order valence-electron chi connectivity index (χ1n) is 7.63. The molecule has 0 aromatic heterocycles. The van der Waals surface area contributed by atoms with Gasteiger partial charge >= 0.3 is 0 Å². The molecule has 2 rings (SSSR count). The molecule has 0 aliphatic heterocycles. The quantitative estimate of drug-likeness (QED) is 0.863. The Morgan fingerprint density at radius 3 is 2.60 bits per heavy atom. The van der Waals surface area contributed by atoms with Crippen molar-refractivity contribution < 1.29 is 5.11 Å². The zero-order valence-electron chi connectivity index (χ0n) is 12.5. The van der Waals surface area contributed by atoms with Gasteiger partial charge in [-0.2, -0.15) is 0 Å². The lowest BCUT2D eigenvalue weighted by atomic mass is 9.59. The predicted molar refractivity (Wildman–Crippen MR) is 87.4 cm³/mol. The van der Waals surface area contributed by atoms with E-state index in [1.165, 1.54) is 19.3 Å². The molecule has 3 unspecified atom stereocenters. The molecular weight excluding hydrogens is 314 g/mol. The second kappa shape index (κ2) is 6.17. The van der Waals surface area contributed by atoms with E-state index < -0.39 is 5.60 Å². The fraction of sp³-hybridized carbons (Fsp3) is 0.647. The summed E-state index contributed by atoms with van der Waals surface area (Å²) < 4.78 is 1.04. The van der Waals surface area contributed by atoms with Crippen molar-refractivity contribution in [1.29, 1.82) is 0 Å². The molecule has 0 bridgehead atoms. The Kier molecular flexibility index (Phi) is 4.93. The zero-order chi connectivity index (χ0) is 14.8. The highest BCUT2D eigenvalue weighted by atomic mass is 79.9. The predicted octanol–water partition coefficient (Wildman–Crippen LogP) is 4.20. The van der Waals surface area contributed by atoms with Crippen LogP contribution in [0.5, 0.6) is 0 Å². The van der Waals surface area contributed by atoms with Crippen molar-refractivity contribution >= 4 is 15.9 Å². The first-order valence-corrected chi connectivity index (χ1v) is 8.43. The van der Waals surface area contributed by atoms with Crippen LogP contribution >= 0.6 is 15.9 Å². The smallest absolute Gasteiger partial charge is 0.0936 e. The highest BCUT2D eigenvalue weighted by Gasteiger charge is 2.49. The minimum atomic E-state index is -0.865. The number of benzene rings is 1. The van der Waals surface area contributed by atoms with Crippen molar-refractivity contribution in [2.45, 2.75) is 51.6 Å². The average molecular weight is 340 g/mol. The monoisotopic (exact) mass is 339 g/mol. The topological polar surface area (TPSA) is 46.2 Å². The number of aliphatic hydroxyl groups is 1. The van der Waals surface area contributed by atoms with Crippen molar-refractivity contribution in [2.24, 2.45) is 17.1 Å². The van der Waals surface area contributed by atoms with E-state index in [0.717, 1.165) is 22.9 Å². The molecule has 2 nitrogen and oxygen atoms in total. The molecule has 3 heteroatoms. The van der Waals surface area contributed by atoms with Crippen LogP contribution < -0.4 is 5.73 Å². The molecule has 1 aliphatic rings. The number of halogens is 1. The van der Waals surface area contributed by atoms with Crippen molar-refractivity contribution in [1.82, 2.24) is 0 Å². The van der Waals surface area contributed by atoms with Crippen LogP contribution in [0.4, 0.5) is 0 Å². The standard InChI is InChI=1S/C17H26BrNO/c1-3-13-5-4-10-17(11-13,12-19)16(2,20)14-6-8-15(18)9-7-14/h6-9,13,20H,3-5,10-12,19H2,1-2H3. The van der Waals surface area contributed by atoms with E-state index in [4.69, 9.17) is 5.73 Å². The molecule has 1 aliphatic carbocycles. The Labute approximate surface area is 130 Å². The van der Waals surface area contributed by atoms with Crippen LogP contribution in [0.25, 0.3) is 0 Å². The maximum atomic E-state index is 11.3. The van der Waals surface area contributed by atoms with E-state index in [2.05, 4.69) is 22.9 Å². The van der Waals surface area contributed by atoms with Crippen LogP contribution in [0, 0.1) is 11.3 Å². The van der Waals surface area contributed by atoms with Gasteiger partial charge in [-0.05, 0) is 43.4 Å². The first kappa shape index (κ1) is 16.0. The number of rotatable bonds is 4. The SMILES string of the molecule is CCC1CCCC(CN)(C(C)(O)c2ccc(Br)cc2)C1. The lowest BCUT2D eigenvalue weighted by Crippen LogP contribution is -2.51. The normalized spacial score (nSPS) is 29.9. The lowest BCUT2D eigenvalue weighted by molar-refractivity contribution is -0.102. The largest absolute Gasteiger partial charge is 0.385 e. The maximum Gasteiger partial charge on any atom is 0.0936 e. The molecule has 1 saturated carbocycles. The lowest BCUT2D eigenvalue weighted by Gasteiger charge is -2.50. The summed E-state index contributed by atoms with van der Waals surface area (Å²) in [6.07, 6.45) is 5.67. The Balaban J connectivity index is 2.35. The molecule has 0 radical (unpaired) electrons. The summed E-state index contributed by atoms with van der Waals surface area (Å²) in [6, 6.07) is 8.01. The summed E-state index contributed by atoms with van der Waals surface area (Å²) in [7, 11) is 0. The van der Waals surface area contributed by atoms with Gasteiger partial charge < -0.3 is 10.8 Å². The van der Waals surface area contributed by atoms with Gasteiger partial charge in [-0.15, -0.1) is 0 Å². The van der Waals surface area contributed by atoms with Crippen LogP contribution in [0.2, 0.25) is 0 Å². The summed E-state index contributed by atoms with van der Waals surface area (Å²) in [5, 5.41) is 11.3. The summed E-state index contributed by atoms with van der Waals surface area (Å²) in [5.41, 5.74) is 6.05. The van der Waals surface area contributed by atoms with E-state index >= 15 is 0 Å². The Morgan fingerprint density at radius 2 is 2.05 bits per heavy atom. The van der Waals surface area contributed by atoms with Crippen LogP contribution in [0.15, 0.2) is 28.7 Å². The second-order valence-corrected chi connectivity index (χ2v) is 7.35. The van der Waals surface area contributed by atoms with E-state index in [-0.39, 0.29) is 5.41 Å². The van der Waals surface area contributed by atoms with Crippen LogP contribution in [0.1, 0.15) is 51.5 Å². The Hall–Kier alpha value is -0.380. The van der Waals surface area contributed by atoms with E-state index in [1.807, 2.05) is 31.2 Å². The van der Waals surface area contributed by atoms with Gasteiger partial charge in [-0.25, -0.2) is 0 Å². The third-order valence-corrected chi connectivity index (χ3v) is 5.88. The van der Waals surface area contributed by atoms with Gasteiger partial charge in [0.2, 0.25) is 0 Å². The summed E-state index contributed by atoms with van der Waals surface area (Å²) in [4.78, 5) is 0. The van der Waals surface area contributed by atoms with Gasteiger partial charge in [-0.3, -0.25) is 0 Å². The molecule has 0 heterocycles. The fourth-order valence-electron chi connectivity index (χ4n) is 3.74. The summed E-state index contributed by atoms with van der Waals surface area (Å²) >= 11 is 3.45. The Bertz CT molecular complexity index is 443. The molecule has 0 spiro atoms. The minimum absolute atomic E-state index is 0.195. The van der Waals surface area contributed by atoms with Gasteiger partial charge in [0.1, 0.15) is 0 Å². The molecule has 20 heavy (non-hydrogen) atoms. The zero-order valence-corrected chi connectivity index (χ0v) is 14.1. The molecule has 3 atom stereocenters. The third-order valence-electron chi connectivity index (χ3n) is 5.35. The molecule has 112 valence electrons. The summed E-state index contributed by atoms with van der Waals surface area (Å²) in [5.74, 6) is 0.689. The van der Waals surface area contributed by atoms with Crippen molar-refractivity contribution in [3.63, 3.8) is 0 Å². The molecule has 1 aromatic carbocycles. The summed E-state index contributed by atoms with van der Waals surface area (Å²) in [6.45, 7) is 4.74. The van der Waals surface area contributed by atoms with Gasteiger partial charge in [0.15, 0.2) is 0 Å². The average Bonchev–Trinajstić information content (AvgIpc) is 2.47. The van der Waals surface area contributed by atoms with E-state index in [1.54, 1.807) is 0 Å². The van der Waals surface area contributed by atoms with Gasteiger partial charge in [0.25, 0.3) is 0 Å². The maximum absolute atomic E-state index is 11.3. The van der Waals surface area contributed by atoms with Gasteiger partial charge in [0.05, 0.1) is 5.60 Å². The fourth-order valence-corrected chi connectivity index (χ4v) is 4.01. The van der Waals surface area contributed by atoms with E-state index in [9.17, 15) is 5.11 Å². The highest BCUT2D eigenvalue weighted by Crippen LogP contribution is 2.51. The van der Waals surface area contributed by atoms with E-state index in [0.29, 0.717) is 12.5 Å². The van der Waals surface area contributed by atoms with Crippen LogP contribution in [-0.4, -0.2) is 11.7 Å². The number of hydrogen-bond acceptors (Lipinski definition) is 2. The molecule has 3 N–H and O–H groups in total. The molecule has 0 amide bonds. The van der Waals surface area contributed by atoms with Crippen LogP contribution in [0.3, 0.4) is 0 Å². The Morgan fingerprint density at radius 1 is 1.40 bits per heavy atom. The van der Waals surface area contributed by atoms with Crippen molar-refractivity contribution in [3.05, 3.63) is 34.3 Å². The van der Waals surface area contributed by atoms with Crippen molar-refractivity contribution in [2.75, 3.05) is 6.54 Å². The highest BCUT2D eigenvalue weighted by molar-refractivity contribution is 9.10. The number of nitrogens with two attached hydrogens (primary N) is 1. The number of hydrogen-bond donors (Lipinski definition) is 2. The minimum Gasteiger partial charge on any atom is -0.385 e. The van der Waals surface area contributed by atoms with Gasteiger partial charge in [0, 0.05) is 16.4 Å². The molecular formula is C17H26BrNO. The second-order valence-electron chi connectivity index (χ2n) is 6.43. The van der Waals surface area contributed by atoms with Crippen molar-refractivity contribution in [3.8, 4) is 0 Å². The third kappa shape index (κ3) is 2.81. The van der Waals surface area contributed by atoms with Crippen LogP contribution in [-0.2, 0) is 5.60 Å². The van der Waals surface area contributed by atoms with Gasteiger partial charge in [-0.1, -0.05) is 54.2 Å². The molecule has 0 saturated heterocycles. The molecule has 1 fully saturated rings.